The Labute approximate surface area is 287 Å². The minimum atomic E-state index is -0.363. The Morgan fingerprint density at radius 2 is 1.67 bits per heavy atom. The molecule has 0 amide bonds. The number of halogens is 1. The number of nitrogens with zero attached hydrogens (tertiary/aromatic N) is 4. The zero-order chi connectivity index (χ0) is 34.1. The summed E-state index contributed by atoms with van der Waals surface area (Å²) in [5, 5.41) is 10.3. The highest BCUT2D eigenvalue weighted by atomic mass is 19.1. The normalized spacial score (nSPS) is 14.7. The number of pyridine rings is 1. The first-order valence-electron chi connectivity index (χ1n) is 17.9. The van der Waals surface area contributed by atoms with Gasteiger partial charge < -0.3 is 38.7 Å². The molecule has 3 aliphatic rings. The molecule has 0 radical (unpaired) electrons. The van der Waals surface area contributed by atoms with E-state index in [1.807, 2.05) is 30.3 Å². The number of aromatic nitrogens is 1. The molecule has 3 aromatic carbocycles. The van der Waals surface area contributed by atoms with Crippen LogP contribution in [0.1, 0.15) is 38.7 Å². The Morgan fingerprint density at radius 1 is 0.898 bits per heavy atom. The highest BCUT2D eigenvalue weighted by Gasteiger charge is 2.24. The number of piperazine rings is 1. The smallest absolute Gasteiger partial charge is 0.178 e. The van der Waals surface area contributed by atoms with Crippen molar-refractivity contribution in [2.45, 2.75) is 33.1 Å². The standard InChI is InChI=1S/C40H49FN6O2/c1-6-15-45(16-7-2)18-14-43-38-33(41)23-30-27(3)32(28(4)42-13-10-17-46-21-19-44(5)20-22-46)26-47-34-25-36-31(24-37(34)49-40(38)39(30)47)29-11-8-9-12-35(29)48-36/h8-9,11-12,23-26,42-43H,3-4,6-7,10,13-22H2,1-2,5H3. The van der Waals surface area contributed by atoms with Crippen LogP contribution in [0.15, 0.2) is 64.1 Å². The largest absolute Gasteiger partial charge is 0.456 e. The van der Waals surface area contributed by atoms with Crippen LogP contribution in [-0.4, -0.2) is 91.8 Å². The summed E-state index contributed by atoms with van der Waals surface area (Å²) in [4.78, 5) is 7.31. The Balaban J connectivity index is 1.29. The van der Waals surface area contributed by atoms with Gasteiger partial charge in [0.15, 0.2) is 17.0 Å². The highest BCUT2D eigenvalue weighted by Crippen LogP contribution is 2.40. The zero-order valence-electron chi connectivity index (χ0n) is 29.2. The van der Waals surface area contributed by atoms with Crippen LogP contribution in [0.2, 0.25) is 0 Å². The molecule has 0 spiro atoms. The van der Waals surface area contributed by atoms with Gasteiger partial charge in [-0.15, -0.1) is 0 Å². The molecule has 4 heterocycles. The van der Waals surface area contributed by atoms with Crippen molar-refractivity contribution in [3.8, 4) is 5.69 Å². The van der Waals surface area contributed by atoms with E-state index in [1.54, 1.807) is 6.07 Å². The van der Waals surface area contributed by atoms with Crippen LogP contribution in [-0.2, 0) is 0 Å². The highest BCUT2D eigenvalue weighted by molar-refractivity contribution is 6.10. The first kappa shape index (κ1) is 33.2. The van der Waals surface area contributed by atoms with E-state index in [1.165, 1.54) is 0 Å². The summed E-state index contributed by atoms with van der Waals surface area (Å²) >= 11 is 0. The molecular weight excluding hydrogens is 615 g/mol. The summed E-state index contributed by atoms with van der Waals surface area (Å²) in [6.07, 6.45) is 5.23. The number of benzene rings is 3. The lowest BCUT2D eigenvalue weighted by molar-refractivity contribution is 0.153. The van der Waals surface area contributed by atoms with Crippen LogP contribution in [0.3, 0.4) is 0 Å². The summed E-state index contributed by atoms with van der Waals surface area (Å²) in [6.45, 7) is 23.0. The maximum atomic E-state index is 16.2. The van der Waals surface area contributed by atoms with Crippen LogP contribution in [0.25, 0.3) is 62.0 Å². The summed E-state index contributed by atoms with van der Waals surface area (Å²) in [7, 11) is 2.18. The van der Waals surface area contributed by atoms with Crippen LogP contribution < -0.4 is 15.9 Å². The fourth-order valence-corrected chi connectivity index (χ4v) is 7.35. The van der Waals surface area contributed by atoms with Gasteiger partial charge in [0.1, 0.15) is 16.9 Å². The first-order chi connectivity index (χ1) is 23.9. The van der Waals surface area contributed by atoms with E-state index in [4.69, 9.17) is 8.83 Å². The summed E-state index contributed by atoms with van der Waals surface area (Å²) in [5.74, 6) is -0.363. The quantitative estimate of drug-likeness (QED) is 0.0721. The second-order valence-electron chi connectivity index (χ2n) is 13.5. The van der Waals surface area contributed by atoms with E-state index in [0.717, 1.165) is 123 Å². The van der Waals surface area contributed by atoms with Crippen molar-refractivity contribution in [2.24, 2.45) is 0 Å². The number of hydrogen-bond acceptors (Lipinski definition) is 7. The van der Waals surface area contributed by atoms with Gasteiger partial charge in [0.2, 0.25) is 0 Å². The topological polar surface area (TPSA) is 65.0 Å². The molecule has 0 aliphatic carbocycles. The Hall–Kier alpha value is -4.31. The fourth-order valence-electron chi connectivity index (χ4n) is 7.35. The Kier molecular flexibility index (Phi) is 9.67. The molecule has 2 N–H and O–H groups in total. The second-order valence-corrected chi connectivity index (χ2v) is 13.5. The van der Waals surface area contributed by atoms with E-state index < -0.39 is 0 Å². The molecule has 1 fully saturated rings. The van der Waals surface area contributed by atoms with Crippen molar-refractivity contribution in [2.75, 3.05) is 77.8 Å². The van der Waals surface area contributed by atoms with Gasteiger partial charge in [-0.2, -0.15) is 0 Å². The SMILES string of the molecule is C=C(NCCCN1CCN(C)CC1)c1cn2c3cc4oc5ccccc5c4cc3oc3c(NCCN(CCC)CCC)c(F)cc(c3-2)c1=C. The minimum Gasteiger partial charge on any atom is -0.456 e. The number of fused-ring (bicyclic) bond motifs is 5. The second kappa shape index (κ2) is 14.3. The molecule has 258 valence electrons. The lowest BCUT2D eigenvalue weighted by atomic mass is 10.0. The molecule has 4 aromatic rings. The number of nitrogens with one attached hydrogen (secondary N) is 2. The van der Waals surface area contributed by atoms with Gasteiger partial charge in [0, 0.05) is 85.5 Å². The molecule has 0 bridgehead atoms. The predicted octanol–water partition coefficient (Wildman–Crippen LogP) is 7.28. The van der Waals surface area contributed by atoms with Crippen LogP contribution in [0, 0.1) is 5.82 Å². The molecule has 0 atom stereocenters. The van der Waals surface area contributed by atoms with Gasteiger partial charge >= 0.3 is 0 Å². The average Bonchev–Trinajstić information content (AvgIpc) is 3.46. The van der Waals surface area contributed by atoms with E-state index in [9.17, 15) is 0 Å². The van der Waals surface area contributed by atoms with E-state index in [0.29, 0.717) is 34.0 Å². The van der Waals surface area contributed by atoms with E-state index in [-0.39, 0.29) is 5.82 Å². The van der Waals surface area contributed by atoms with Gasteiger partial charge in [0.05, 0.1) is 11.2 Å². The van der Waals surface area contributed by atoms with Crippen molar-refractivity contribution < 1.29 is 13.2 Å². The summed E-state index contributed by atoms with van der Waals surface area (Å²) in [5.41, 5.74) is 6.24. The van der Waals surface area contributed by atoms with Gasteiger partial charge in [-0.25, -0.2) is 4.39 Å². The number of anilines is 1. The number of likely N-dealkylation sites (N-methyl/N-ethyl adjacent to an activating group) is 1. The van der Waals surface area contributed by atoms with Crippen LogP contribution >= 0.6 is 0 Å². The van der Waals surface area contributed by atoms with Gasteiger partial charge in [0.25, 0.3) is 0 Å². The minimum absolute atomic E-state index is 0.363. The lowest BCUT2D eigenvalue weighted by Crippen LogP contribution is -2.45. The van der Waals surface area contributed by atoms with E-state index >= 15 is 4.39 Å². The molecule has 8 nitrogen and oxygen atoms in total. The Morgan fingerprint density at radius 3 is 2.45 bits per heavy atom. The maximum Gasteiger partial charge on any atom is 0.178 e. The van der Waals surface area contributed by atoms with E-state index in [2.05, 4.69) is 76.2 Å². The molecule has 1 saturated heterocycles. The predicted molar refractivity (Wildman–Crippen MR) is 202 cm³/mol. The van der Waals surface area contributed by atoms with Crippen molar-refractivity contribution >= 4 is 62.0 Å². The summed E-state index contributed by atoms with van der Waals surface area (Å²) < 4.78 is 31.3. The maximum absolute atomic E-state index is 16.2. The van der Waals surface area contributed by atoms with Crippen LogP contribution in [0.5, 0.6) is 0 Å². The molecule has 0 saturated carbocycles. The molecule has 7 rings (SSSR count). The van der Waals surface area contributed by atoms with Gasteiger partial charge in [-0.1, -0.05) is 45.2 Å². The van der Waals surface area contributed by atoms with Crippen molar-refractivity contribution in [1.82, 2.24) is 24.6 Å². The van der Waals surface area contributed by atoms with Gasteiger partial charge in [-0.3, -0.25) is 0 Å². The first-order valence-corrected chi connectivity index (χ1v) is 17.9. The zero-order valence-corrected chi connectivity index (χ0v) is 29.2. The fraction of sp³-hybridized carbons (Fsp3) is 0.400. The monoisotopic (exact) mass is 664 g/mol. The summed E-state index contributed by atoms with van der Waals surface area (Å²) in [6, 6.07) is 13.6. The molecule has 9 heteroatoms. The Bertz CT molecular complexity index is 2130. The molecular formula is C40H49FN6O2. The molecule has 49 heavy (non-hydrogen) atoms. The average molecular weight is 665 g/mol. The van der Waals surface area contributed by atoms with Crippen molar-refractivity contribution in [3.05, 3.63) is 71.8 Å². The molecule has 3 aliphatic heterocycles. The third-order valence-corrected chi connectivity index (χ3v) is 10.0. The van der Waals surface area contributed by atoms with Crippen molar-refractivity contribution in [1.29, 1.82) is 0 Å². The molecule has 1 aromatic heterocycles. The number of para-hydroxylation sites is 1. The third-order valence-electron chi connectivity index (χ3n) is 10.0. The third kappa shape index (κ3) is 6.55. The van der Waals surface area contributed by atoms with Crippen molar-refractivity contribution in [3.63, 3.8) is 0 Å². The number of rotatable bonds is 14. The number of furan rings is 1. The van der Waals surface area contributed by atoms with Crippen LogP contribution in [0.4, 0.5) is 10.1 Å². The number of hydrogen-bond donors (Lipinski definition) is 2. The lowest BCUT2D eigenvalue weighted by Gasteiger charge is -2.32. The molecule has 0 unspecified atom stereocenters. The van der Waals surface area contributed by atoms with Gasteiger partial charge in [-0.05, 0) is 69.4 Å².